The maximum absolute atomic E-state index is 14.2. The van der Waals surface area contributed by atoms with E-state index in [9.17, 15) is 8.78 Å². The summed E-state index contributed by atoms with van der Waals surface area (Å²) in [6.45, 7) is 2.61. The fraction of sp³-hybridized carbons (Fsp3) is 0.600. The SMILES string of the molecule is CCN(c1c(F)cc(CBr)cc1F)C1CCCCC1. The van der Waals surface area contributed by atoms with Gasteiger partial charge in [-0.3, -0.25) is 0 Å². The highest BCUT2D eigenvalue weighted by molar-refractivity contribution is 9.08. The van der Waals surface area contributed by atoms with Gasteiger partial charge < -0.3 is 4.90 Å². The van der Waals surface area contributed by atoms with Crippen molar-refractivity contribution in [3.8, 4) is 0 Å². The Hall–Kier alpha value is -0.640. The van der Waals surface area contributed by atoms with Crippen molar-refractivity contribution in [2.75, 3.05) is 11.4 Å². The lowest BCUT2D eigenvalue weighted by Gasteiger charge is -2.35. The predicted molar refractivity (Wildman–Crippen MR) is 78.9 cm³/mol. The monoisotopic (exact) mass is 331 g/mol. The summed E-state index contributed by atoms with van der Waals surface area (Å²) >= 11 is 3.23. The summed E-state index contributed by atoms with van der Waals surface area (Å²) in [5, 5.41) is 0.469. The van der Waals surface area contributed by atoms with E-state index in [0.29, 0.717) is 17.4 Å². The van der Waals surface area contributed by atoms with Gasteiger partial charge in [-0.1, -0.05) is 35.2 Å². The third kappa shape index (κ3) is 3.28. The van der Waals surface area contributed by atoms with Crippen LogP contribution in [0.4, 0.5) is 14.5 Å². The van der Waals surface area contributed by atoms with Crippen molar-refractivity contribution in [1.29, 1.82) is 0 Å². The van der Waals surface area contributed by atoms with Crippen LogP contribution in [-0.4, -0.2) is 12.6 Å². The molecule has 0 unspecified atom stereocenters. The Labute approximate surface area is 122 Å². The van der Waals surface area contributed by atoms with Crippen molar-refractivity contribution < 1.29 is 8.78 Å². The molecule has 1 aliphatic rings. The minimum Gasteiger partial charge on any atom is -0.364 e. The highest BCUT2D eigenvalue weighted by Gasteiger charge is 2.25. The summed E-state index contributed by atoms with van der Waals surface area (Å²) in [6.07, 6.45) is 5.62. The maximum atomic E-state index is 14.2. The molecular weight excluding hydrogens is 312 g/mol. The Morgan fingerprint density at radius 2 is 1.74 bits per heavy atom. The molecule has 1 aromatic carbocycles. The molecule has 0 radical (unpaired) electrons. The summed E-state index contributed by atoms with van der Waals surface area (Å²) in [7, 11) is 0. The third-order valence-corrected chi connectivity index (χ3v) is 4.52. The zero-order chi connectivity index (χ0) is 13.8. The van der Waals surface area contributed by atoms with E-state index >= 15 is 0 Å². The van der Waals surface area contributed by atoms with Crippen LogP contribution in [0.25, 0.3) is 0 Å². The summed E-state index contributed by atoms with van der Waals surface area (Å²) in [5.74, 6) is -0.885. The number of hydrogen-bond donors (Lipinski definition) is 0. The number of halogens is 3. The van der Waals surface area contributed by atoms with Crippen molar-refractivity contribution >= 4 is 21.6 Å². The molecule has 0 atom stereocenters. The Balaban J connectivity index is 2.31. The fourth-order valence-corrected chi connectivity index (χ4v) is 3.28. The maximum Gasteiger partial charge on any atom is 0.149 e. The van der Waals surface area contributed by atoms with Crippen LogP contribution in [0.2, 0.25) is 0 Å². The lowest BCUT2D eigenvalue weighted by atomic mass is 9.93. The number of benzene rings is 1. The molecule has 0 amide bonds. The second-order valence-electron chi connectivity index (χ2n) is 5.12. The molecular formula is C15H20BrF2N. The quantitative estimate of drug-likeness (QED) is 0.700. The van der Waals surface area contributed by atoms with Crippen molar-refractivity contribution in [2.24, 2.45) is 0 Å². The molecule has 0 aromatic heterocycles. The van der Waals surface area contributed by atoms with Gasteiger partial charge in [0.1, 0.15) is 17.3 Å². The zero-order valence-electron chi connectivity index (χ0n) is 11.3. The molecule has 0 heterocycles. The molecule has 0 N–H and O–H groups in total. The molecule has 4 heteroatoms. The number of alkyl halides is 1. The second kappa shape index (κ2) is 6.69. The second-order valence-corrected chi connectivity index (χ2v) is 5.68. The standard InChI is InChI=1S/C15H20BrF2N/c1-2-19(12-6-4-3-5-7-12)15-13(17)8-11(10-16)9-14(15)18/h8-9,12H,2-7,10H2,1H3. The third-order valence-electron chi connectivity index (χ3n) is 3.87. The number of hydrogen-bond acceptors (Lipinski definition) is 1. The lowest BCUT2D eigenvalue weighted by molar-refractivity contribution is 0.410. The molecule has 0 aliphatic heterocycles. The van der Waals surface area contributed by atoms with Crippen LogP contribution >= 0.6 is 15.9 Å². The molecule has 1 fully saturated rings. The van der Waals surface area contributed by atoms with Crippen molar-refractivity contribution in [3.05, 3.63) is 29.3 Å². The highest BCUT2D eigenvalue weighted by atomic mass is 79.9. The highest BCUT2D eigenvalue weighted by Crippen LogP contribution is 2.32. The van der Waals surface area contributed by atoms with E-state index in [1.54, 1.807) is 0 Å². The van der Waals surface area contributed by atoms with Crippen LogP contribution < -0.4 is 4.90 Å². The Bertz CT molecular complexity index is 407. The van der Waals surface area contributed by atoms with Gasteiger partial charge >= 0.3 is 0 Å². The smallest absolute Gasteiger partial charge is 0.149 e. The van der Waals surface area contributed by atoms with Crippen LogP contribution in [-0.2, 0) is 5.33 Å². The number of rotatable bonds is 4. The average Bonchev–Trinajstić information content (AvgIpc) is 2.43. The molecule has 0 saturated heterocycles. The summed E-state index contributed by atoms with van der Waals surface area (Å²) in [6, 6.07) is 3.13. The molecule has 1 aliphatic carbocycles. The van der Waals surface area contributed by atoms with E-state index in [4.69, 9.17) is 0 Å². The van der Waals surface area contributed by atoms with Gasteiger partial charge in [0.05, 0.1) is 0 Å². The molecule has 0 spiro atoms. The zero-order valence-corrected chi connectivity index (χ0v) is 12.8. The Kier molecular flexibility index (Phi) is 5.20. The number of anilines is 1. The van der Waals surface area contributed by atoms with Gasteiger partial charge in [-0.25, -0.2) is 8.78 Å². The Morgan fingerprint density at radius 1 is 1.16 bits per heavy atom. The average molecular weight is 332 g/mol. The normalized spacial score (nSPS) is 16.6. The van der Waals surface area contributed by atoms with E-state index in [2.05, 4.69) is 15.9 Å². The first kappa shape index (κ1) is 14.8. The van der Waals surface area contributed by atoms with Crippen molar-refractivity contribution in [3.63, 3.8) is 0 Å². The van der Waals surface area contributed by atoms with Gasteiger partial charge in [0.2, 0.25) is 0 Å². The minimum absolute atomic E-state index is 0.152. The van der Waals surface area contributed by atoms with E-state index in [1.807, 2.05) is 11.8 Å². The molecule has 1 nitrogen and oxygen atoms in total. The van der Waals surface area contributed by atoms with E-state index in [-0.39, 0.29) is 11.7 Å². The predicted octanol–water partition coefficient (Wildman–Crippen LogP) is 5.02. The van der Waals surface area contributed by atoms with E-state index in [1.165, 1.54) is 18.6 Å². The van der Waals surface area contributed by atoms with Crippen LogP contribution in [0.1, 0.15) is 44.6 Å². The van der Waals surface area contributed by atoms with Crippen LogP contribution in [0.15, 0.2) is 12.1 Å². The lowest BCUT2D eigenvalue weighted by Crippen LogP contribution is -2.38. The van der Waals surface area contributed by atoms with E-state index < -0.39 is 11.6 Å². The molecule has 1 aromatic rings. The molecule has 1 saturated carbocycles. The van der Waals surface area contributed by atoms with E-state index in [0.717, 1.165) is 25.7 Å². The Morgan fingerprint density at radius 3 is 2.21 bits per heavy atom. The van der Waals surface area contributed by atoms with Crippen LogP contribution in [0, 0.1) is 11.6 Å². The molecule has 0 bridgehead atoms. The fourth-order valence-electron chi connectivity index (χ4n) is 2.96. The van der Waals surface area contributed by atoms with Crippen molar-refractivity contribution in [2.45, 2.75) is 50.4 Å². The van der Waals surface area contributed by atoms with Crippen LogP contribution in [0.5, 0.6) is 0 Å². The summed E-state index contributed by atoms with van der Waals surface area (Å²) < 4.78 is 28.4. The van der Waals surface area contributed by atoms with Crippen LogP contribution in [0.3, 0.4) is 0 Å². The summed E-state index contributed by atoms with van der Waals surface area (Å²) in [4.78, 5) is 1.90. The van der Waals surface area contributed by atoms with Gasteiger partial charge in [0.15, 0.2) is 0 Å². The summed E-state index contributed by atoms with van der Waals surface area (Å²) in [5.41, 5.74) is 0.789. The van der Waals surface area contributed by atoms with Gasteiger partial charge in [-0.05, 0) is 37.5 Å². The topological polar surface area (TPSA) is 3.24 Å². The molecule has 19 heavy (non-hydrogen) atoms. The van der Waals surface area contributed by atoms with Crippen molar-refractivity contribution in [1.82, 2.24) is 0 Å². The van der Waals surface area contributed by atoms with Gasteiger partial charge in [-0.15, -0.1) is 0 Å². The minimum atomic E-state index is -0.443. The first-order valence-corrected chi connectivity index (χ1v) is 8.10. The van der Waals surface area contributed by atoms with Gasteiger partial charge in [-0.2, -0.15) is 0 Å². The van der Waals surface area contributed by atoms with Gasteiger partial charge in [0, 0.05) is 17.9 Å². The largest absolute Gasteiger partial charge is 0.364 e. The molecule has 106 valence electrons. The molecule has 2 rings (SSSR count). The first-order chi connectivity index (χ1) is 9.17. The van der Waals surface area contributed by atoms with Gasteiger partial charge in [0.25, 0.3) is 0 Å². The first-order valence-electron chi connectivity index (χ1n) is 6.98. The number of nitrogens with zero attached hydrogens (tertiary/aromatic N) is 1.